The van der Waals surface area contributed by atoms with Gasteiger partial charge in [0.15, 0.2) is 8.07 Å². The zero-order chi connectivity index (χ0) is 36.7. The van der Waals surface area contributed by atoms with Crippen molar-refractivity contribution >= 4 is 50.6 Å². The number of nitrogens with zero attached hydrogens (tertiary/aromatic N) is 1. The fourth-order valence-electron chi connectivity index (χ4n) is 9.48. The Morgan fingerprint density at radius 2 is 0.982 bits per heavy atom. The van der Waals surface area contributed by atoms with Gasteiger partial charge in [-0.15, -0.1) is 0 Å². The first-order chi connectivity index (χ1) is 27.0. The minimum absolute atomic E-state index is 0.345. The number of benzene rings is 8. The Bertz CT molecular complexity index is 2870. The monoisotopic (exact) mass is 723 g/mol. The van der Waals surface area contributed by atoms with Crippen LogP contribution in [0.1, 0.15) is 25.0 Å². The Kier molecular flexibility index (Phi) is 6.92. The van der Waals surface area contributed by atoms with E-state index in [0.29, 0.717) is 0 Å². The van der Waals surface area contributed by atoms with Gasteiger partial charge in [-0.05, 0) is 57.1 Å². The summed E-state index contributed by atoms with van der Waals surface area (Å²) >= 11 is 0. The molecule has 4 heteroatoms. The Morgan fingerprint density at radius 3 is 1.67 bits per heavy atom. The molecule has 0 spiro atoms. The normalized spacial score (nSPS) is 14.6. The number of para-hydroxylation sites is 5. The Balaban J connectivity index is 1.26. The van der Waals surface area contributed by atoms with Crippen LogP contribution in [0.5, 0.6) is 23.0 Å². The van der Waals surface area contributed by atoms with Gasteiger partial charge in [0, 0.05) is 44.1 Å². The van der Waals surface area contributed by atoms with Crippen LogP contribution >= 0.6 is 0 Å². The molecule has 0 bridgehead atoms. The van der Waals surface area contributed by atoms with E-state index in [9.17, 15) is 0 Å². The molecule has 0 N–H and O–H groups in total. The van der Waals surface area contributed by atoms with Gasteiger partial charge >= 0.3 is 0 Å². The molecule has 0 saturated heterocycles. The maximum atomic E-state index is 7.22. The van der Waals surface area contributed by atoms with E-state index in [-0.39, 0.29) is 5.41 Å². The molecule has 55 heavy (non-hydrogen) atoms. The quantitative estimate of drug-likeness (QED) is 0.169. The van der Waals surface area contributed by atoms with Gasteiger partial charge in [0.2, 0.25) is 0 Å². The van der Waals surface area contributed by atoms with E-state index in [1.54, 1.807) is 0 Å². The minimum Gasteiger partial charge on any atom is -0.457 e. The predicted molar refractivity (Wildman–Crippen MR) is 229 cm³/mol. The van der Waals surface area contributed by atoms with E-state index in [1.165, 1.54) is 48.1 Å². The van der Waals surface area contributed by atoms with Crippen molar-refractivity contribution in [3.8, 4) is 39.8 Å². The standard InChI is InChI=1S/C51H37NO2Si/c1-51(2)41-25-11-14-28-45(41)53-49-40(32-34(33-42(49)51)52-43-26-12-9-22-37(43)38-23-10-13-27-44(38)52)39-24-17-31-48-50(39)54-46-29-15-16-30-47(46)55(48,35-18-5-3-6-19-35)36-20-7-4-8-21-36/h3-33H,1-2H3. The van der Waals surface area contributed by atoms with Gasteiger partial charge in [0.05, 0.1) is 11.0 Å². The van der Waals surface area contributed by atoms with Crippen LogP contribution in [0.25, 0.3) is 38.6 Å². The Hall–Kier alpha value is -6.62. The molecule has 262 valence electrons. The van der Waals surface area contributed by atoms with Crippen molar-refractivity contribution in [1.82, 2.24) is 4.57 Å². The summed E-state index contributed by atoms with van der Waals surface area (Å²) in [4.78, 5) is 0. The van der Waals surface area contributed by atoms with E-state index >= 15 is 0 Å². The molecule has 8 aromatic carbocycles. The lowest BCUT2D eigenvalue weighted by Gasteiger charge is -2.40. The highest BCUT2D eigenvalue weighted by molar-refractivity contribution is 7.20. The summed E-state index contributed by atoms with van der Waals surface area (Å²) in [5.74, 6) is 3.55. The lowest BCUT2D eigenvalue weighted by molar-refractivity contribution is 0.419. The highest BCUT2D eigenvalue weighted by atomic mass is 28.3. The first-order valence-corrected chi connectivity index (χ1v) is 21.0. The molecule has 0 fully saturated rings. The molecule has 11 rings (SSSR count). The van der Waals surface area contributed by atoms with Crippen molar-refractivity contribution in [2.75, 3.05) is 0 Å². The van der Waals surface area contributed by atoms with Crippen molar-refractivity contribution < 1.29 is 9.47 Å². The summed E-state index contributed by atoms with van der Waals surface area (Å²) in [6.45, 7) is 4.64. The molecule has 2 aliphatic rings. The predicted octanol–water partition coefficient (Wildman–Crippen LogP) is 10.4. The lowest BCUT2D eigenvalue weighted by Crippen LogP contribution is -2.76. The summed E-state index contributed by atoms with van der Waals surface area (Å²) < 4.78 is 16.7. The van der Waals surface area contributed by atoms with Crippen molar-refractivity contribution in [3.63, 3.8) is 0 Å². The van der Waals surface area contributed by atoms with Gasteiger partial charge in [-0.25, -0.2) is 0 Å². The Labute approximate surface area is 321 Å². The maximum Gasteiger partial charge on any atom is 0.188 e. The smallest absolute Gasteiger partial charge is 0.188 e. The number of ether oxygens (including phenoxy) is 2. The van der Waals surface area contributed by atoms with Crippen LogP contribution in [0.15, 0.2) is 188 Å². The number of hydrogen-bond donors (Lipinski definition) is 0. The first kappa shape index (κ1) is 31.9. The molecule has 0 amide bonds. The fourth-order valence-corrected chi connectivity index (χ4v) is 14.5. The summed E-state index contributed by atoms with van der Waals surface area (Å²) in [5.41, 5.74) is 7.43. The van der Waals surface area contributed by atoms with Crippen LogP contribution in [0.4, 0.5) is 0 Å². The third-order valence-electron chi connectivity index (χ3n) is 12.0. The highest BCUT2D eigenvalue weighted by Gasteiger charge is 2.49. The topological polar surface area (TPSA) is 23.4 Å². The minimum atomic E-state index is -2.87. The summed E-state index contributed by atoms with van der Waals surface area (Å²) in [6, 6.07) is 68.2. The summed E-state index contributed by atoms with van der Waals surface area (Å²) in [7, 11) is -2.87. The van der Waals surface area contributed by atoms with Crippen molar-refractivity contribution in [2.24, 2.45) is 0 Å². The second kappa shape index (κ2) is 11.9. The van der Waals surface area contributed by atoms with Gasteiger partial charge in [-0.2, -0.15) is 0 Å². The first-order valence-electron chi connectivity index (χ1n) is 19.0. The molecule has 9 aromatic rings. The molecule has 1 aromatic heterocycles. The zero-order valence-corrected chi connectivity index (χ0v) is 31.7. The van der Waals surface area contributed by atoms with Gasteiger partial charge in [-0.3, -0.25) is 0 Å². The maximum absolute atomic E-state index is 7.22. The van der Waals surface area contributed by atoms with Crippen LogP contribution in [-0.4, -0.2) is 12.6 Å². The molecule has 0 saturated carbocycles. The molecule has 0 atom stereocenters. The van der Waals surface area contributed by atoms with Gasteiger partial charge in [0.1, 0.15) is 23.0 Å². The van der Waals surface area contributed by atoms with Crippen molar-refractivity contribution in [2.45, 2.75) is 19.3 Å². The molecule has 3 nitrogen and oxygen atoms in total. The number of rotatable bonds is 4. The third-order valence-corrected chi connectivity index (χ3v) is 16.8. The number of fused-ring (bicyclic) bond motifs is 7. The molecule has 0 unspecified atom stereocenters. The SMILES string of the molecule is CC1(C)c2ccccc2Oc2c(-c3cccc4c3Oc3ccccc3[Si]4(c3ccccc3)c3ccccc3)cc(-n3c4ccccc4c4ccccc43)cc21. The van der Waals surface area contributed by atoms with Crippen LogP contribution in [0.2, 0.25) is 0 Å². The summed E-state index contributed by atoms with van der Waals surface area (Å²) in [5, 5.41) is 7.59. The van der Waals surface area contributed by atoms with E-state index in [4.69, 9.17) is 9.47 Å². The summed E-state index contributed by atoms with van der Waals surface area (Å²) in [6.07, 6.45) is 0. The van der Waals surface area contributed by atoms with Crippen LogP contribution in [0.3, 0.4) is 0 Å². The average Bonchev–Trinajstić information content (AvgIpc) is 3.58. The van der Waals surface area contributed by atoms with Crippen molar-refractivity contribution in [1.29, 1.82) is 0 Å². The van der Waals surface area contributed by atoms with Gasteiger partial charge < -0.3 is 14.0 Å². The van der Waals surface area contributed by atoms with E-state index in [2.05, 4.69) is 206 Å². The number of hydrogen-bond acceptors (Lipinski definition) is 2. The zero-order valence-electron chi connectivity index (χ0n) is 30.7. The van der Waals surface area contributed by atoms with Gasteiger partial charge in [0.25, 0.3) is 0 Å². The van der Waals surface area contributed by atoms with Crippen molar-refractivity contribution in [3.05, 3.63) is 199 Å². The van der Waals surface area contributed by atoms with Crippen LogP contribution < -0.4 is 30.2 Å². The average molecular weight is 724 g/mol. The van der Waals surface area contributed by atoms with Crippen LogP contribution in [0, 0.1) is 0 Å². The van der Waals surface area contributed by atoms with Gasteiger partial charge in [-0.1, -0.05) is 166 Å². The molecular formula is C51H37NO2Si. The Morgan fingerprint density at radius 1 is 0.436 bits per heavy atom. The van der Waals surface area contributed by atoms with Crippen LogP contribution in [-0.2, 0) is 5.41 Å². The number of aromatic nitrogens is 1. The second-order valence-electron chi connectivity index (χ2n) is 15.2. The van der Waals surface area contributed by atoms with E-state index in [1.807, 2.05) is 0 Å². The highest BCUT2D eigenvalue weighted by Crippen LogP contribution is 2.54. The third kappa shape index (κ3) is 4.49. The van der Waals surface area contributed by atoms with E-state index < -0.39 is 8.07 Å². The molecule has 0 radical (unpaired) electrons. The second-order valence-corrected chi connectivity index (χ2v) is 19.0. The van der Waals surface area contributed by atoms with E-state index in [0.717, 1.165) is 45.4 Å². The molecule has 0 aliphatic carbocycles. The molecule has 3 heterocycles. The largest absolute Gasteiger partial charge is 0.457 e. The molecular weight excluding hydrogens is 687 g/mol. The molecule has 2 aliphatic heterocycles. The fraction of sp³-hybridized carbons (Fsp3) is 0.0588. The lowest BCUT2D eigenvalue weighted by atomic mass is 9.74.